The van der Waals surface area contributed by atoms with Crippen molar-refractivity contribution < 1.29 is 23.1 Å². The van der Waals surface area contributed by atoms with Gasteiger partial charge < -0.3 is 19.8 Å². The highest BCUT2D eigenvalue weighted by atomic mass is 19.1. The second-order valence-corrected chi connectivity index (χ2v) is 4.21. The Kier molecular flexibility index (Phi) is 4.76. The molecular formula is C14H15FN2O4. The van der Waals surface area contributed by atoms with E-state index in [-0.39, 0.29) is 24.9 Å². The fourth-order valence-corrected chi connectivity index (χ4v) is 1.72. The molecule has 2 amide bonds. The number of esters is 1. The number of hydrogen-bond donors (Lipinski definition) is 2. The van der Waals surface area contributed by atoms with Crippen LogP contribution in [0.25, 0.3) is 11.0 Å². The zero-order valence-electron chi connectivity index (χ0n) is 11.4. The van der Waals surface area contributed by atoms with E-state index in [1.54, 1.807) is 6.92 Å². The molecule has 2 aromatic rings. The molecule has 112 valence electrons. The van der Waals surface area contributed by atoms with Gasteiger partial charge in [0.25, 0.3) is 0 Å². The van der Waals surface area contributed by atoms with Crippen LogP contribution in [0.15, 0.2) is 28.7 Å². The number of amides is 2. The van der Waals surface area contributed by atoms with Gasteiger partial charge in [-0.1, -0.05) is 0 Å². The van der Waals surface area contributed by atoms with Crippen molar-refractivity contribution in [2.24, 2.45) is 0 Å². The smallest absolute Gasteiger partial charge is 0.374 e. The standard InChI is InChI=1S/C14H15FN2O4/c1-2-16-14(19)17-5-6-20-13(18)12-8-9-7-10(15)3-4-11(9)21-12/h3-4,7-8H,2,5-6H2,1H3,(H2,16,17,19). The van der Waals surface area contributed by atoms with Crippen LogP contribution >= 0.6 is 0 Å². The number of fused-ring (bicyclic) bond motifs is 1. The summed E-state index contributed by atoms with van der Waals surface area (Å²) in [5, 5.41) is 5.55. The molecule has 1 aromatic carbocycles. The van der Waals surface area contributed by atoms with Gasteiger partial charge in [0, 0.05) is 11.9 Å². The van der Waals surface area contributed by atoms with Crippen LogP contribution in [0.3, 0.4) is 0 Å². The van der Waals surface area contributed by atoms with Gasteiger partial charge in [0.2, 0.25) is 5.76 Å². The lowest BCUT2D eigenvalue weighted by atomic mass is 10.2. The summed E-state index contributed by atoms with van der Waals surface area (Å²) in [5.74, 6) is -1.08. The molecule has 0 aliphatic carbocycles. The van der Waals surface area contributed by atoms with Gasteiger partial charge >= 0.3 is 12.0 Å². The van der Waals surface area contributed by atoms with Crippen molar-refractivity contribution >= 4 is 23.0 Å². The molecule has 2 N–H and O–H groups in total. The average Bonchev–Trinajstić information content (AvgIpc) is 2.86. The minimum atomic E-state index is -0.663. The van der Waals surface area contributed by atoms with Crippen molar-refractivity contribution in [2.45, 2.75) is 6.92 Å². The Labute approximate surface area is 120 Å². The summed E-state index contributed by atoms with van der Waals surface area (Å²) in [6.07, 6.45) is 0. The predicted octanol–water partition coefficient (Wildman–Crippen LogP) is 2.05. The summed E-state index contributed by atoms with van der Waals surface area (Å²) < 4.78 is 23.2. The lowest BCUT2D eigenvalue weighted by Gasteiger charge is -2.05. The minimum Gasteiger partial charge on any atom is -0.458 e. The van der Waals surface area contributed by atoms with E-state index in [1.807, 2.05) is 0 Å². The number of benzene rings is 1. The summed E-state index contributed by atoms with van der Waals surface area (Å²) >= 11 is 0. The van der Waals surface area contributed by atoms with Gasteiger partial charge in [-0.2, -0.15) is 0 Å². The minimum absolute atomic E-state index is 0.00592. The Morgan fingerprint density at radius 1 is 1.29 bits per heavy atom. The second kappa shape index (κ2) is 6.74. The molecular weight excluding hydrogens is 279 g/mol. The molecule has 6 nitrogen and oxygen atoms in total. The number of rotatable bonds is 5. The molecule has 0 bridgehead atoms. The van der Waals surface area contributed by atoms with Crippen LogP contribution in [0.1, 0.15) is 17.5 Å². The van der Waals surface area contributed by atoms with Crippen molar-refractivity contribution in [2.75, 3.05) is 19.7 Å². The monoisotopic (exact) mass is 294 g/mol. The summed E-state index contributed by atoms with van der Waals surface area (Å²) in [7, 11) is 0. The van der Waals surface area contributed by atoms with Crippen molar-refractivity contribution in [1.82, 2.24) is 10.6 Å². The fourth-order valence-electron chi connectivity index (χ4n) is 1.72. The summed E-state index contributed by atoms with van der Waals surface area (Å²) in [6, 6.07) is 5.05. The first-order chi connectivity index (χ1) is 10.1. The average molecular weight is 294 g/mol. The Hall–Kier alpha value is -2.57. The normalized spacial score (nSPS) is 10.4. The number of urea groups is 1. The third kappa shape index (κ3) is 3.95. The number of hydrogen-bond acceptors (Lipinski definition) is 4. The summed E-state index contributed by atoms with van der Waals surface area (Å²) in [5.41, 5.74) is 0.406. The van der Waals surface area contributed by atoms with Gasteiger partial charge in [0.1, 0.15) is 18.0 Å². The Balaban J connectivity index is 1.86. The van der Waals surface area contributed by atoms with E-state index >= 15 is 0 Å². The lowest BCUT2D eigenvalue weighted by molar-refractivity contribution is 0.0476. The number of carbonyl (C=O) groups is 2. The molecule has 0 saturated heterocycles. The Bertz CT molecular complexity index is 653. The van der Waals surface area contributed by atoms with Gasteiger partial charge in [0.05, 0.1) is 6.54 Å². The van der Waals surface area contributed by atoms with Crippen molar-refractivity contribution in [3.05, 3.63) is 35.8 Å². The van der Waals surface area contributed by atoms with Gasteiger partial charge in [-0.15, -0.1) is 0 Å². The van der Waals surface area contributed by atoms with Gasteiger partial charge in [-0.3, -0.25) is 0 Å². The van der Waals surface area contributed by atoms with Crippen LogP contribution in [-0.2, 0) is 4.74 Å². The zero-order valence-corrected chi connectivity index (χ0v) is 11.4. The summed E-state index contributed by atoms with van der Waals surface area (Å²) in [4.78, 5) is 22.8. The molecule has 0 unspecified atom stereocenters. The maximum atomic E-state index is 13.0. The van der Waals surface area contributed by atoms with E-state index in [0.29, 0.717) is 17.5 Å². The molecule has 1 heterocycles. The van der Waals surface area contributed by atoms with Crippen molar-refractivity contribution in [3.63, 3.8) is 0 Å². The quantitative estimate of drug-likeness (QED) is 0.653. The van der Waals surface area contributed by atoms with Crippen molar-refractivity contribution in [3.8, 4) is 0 Å². The summed E-state index contributed by atoms with van der Waals surface area (Å²) in [6.45, 7) is 2.51. The Morgan fingerprint density at radius 3 is 2.86 bits per heavy atom. The maximum Gasteiger partial charge on any atom is 0.374 e. The SMILES string of the molecule is CCNC(=O)NCCOC(=O)c1cc2cc(F)ccc2o1. The van der Waals surface area contributed by atoms with Crippen LogP contribution in [0.4, 0.5) is 9.18 Å². The fraction of sp³-hybridized carbons (Fsp3) is 0.286. The molecule has 0 saturated carbocycles. The van der Waals surface area contributed by atoms with E-state index in [4.69, 9.17) is 9.15 Å². The first kappa shape index (κ1) is 14.8. The van der Waals surface area contributed by atoms with E-state index in [9.17, 15) is 14.0 Å². The molecule has 21 heavy (non-hydrogen) atoms. The molecule has 1 aromatic heterocycles. The first-order valence-corrected chi connectivity index (χ1v) is 6.48. The van der Waals surface area contributed by atoms with E-state index in [0.717, 1.165) is 0 Å². The number of nitrogens with one attached hydrogen (secondary N) is 2. The first-order valence-electron chi connectivity index (χ1n) is 6.48. The number of ether oxygens (including phenoxy) is 1. The second-order valence-electron chi connectivity index (χ2n) is 4.21. The lowest BCUT2D eigenvalue weighted by Crippen LogP contribution is -2.37. The largest absolute Gasteiger partial charge is 0.458 e. The molecule has 0 aliphatic rings. The van der Waals surface area contributed by atoms with Crippen LogP contribution in [0, 0.1) is 5.82 Å². The number of furan rings is 1. The van der Waals surface area contributed by atoms with Crippen LogP contribution in [0.2, 0.25) is 0 Å². The van der Waals surface area contributed by atoms with E-state index in [1.165, 1.54) is 24.3 Å². The van der Waals surface area contributed by atoms with Gasteiger partial charge in [-0.25, -0.2) is 14.0 Å². The molecule has 0 fully saturated rings. The topological polar surface area (TPSA) is 80.6 Å². The number of carbonyl (C=O) groups excluding carboxylic acids is 2. The van der Waals surface area contributed by atoms with Crippen LogP contribution in [-0.4, -0.2) is 31.7 Å². The van der Waals surface area contributed by atoms with Crippen LogP contribution in [0.5, 0.6) is 0 Å². The van der Waals surface area contributed by atoms with Gasteiger partial charge in [0.15, 0.2) is 0 Å². The maximum absolute atomic E-state index is 13.0. The zero-order chi connectivity index (χ0) is 15.2. The highest BCUT2D eigenvalue weighted by Crippen LogP contribution is 2.20. The molecule has 0 aliphatic heterocycles. The molecule has 2 rings (SSSR count). The third-order valence-electron chi connectivity index (χ3n) is 2.64. The van der Waals surface area contributed by atoms with Gasteiger partial charge in [-0.05, 0) is 31.2 Å². The van der Waals surface area contributed by atoms with Crippen molar-refractivity contribution in [1.29, 1.82) is 0 Å². The third-order valence-corrected chi connectivity index (χ3v) is 2.64. The van der Waals surface area contributed by atoms with Crippen LogP contribution < -0.4 is 10.6 Å². The highest BCUT2D eigenvalue weighted by Gasteiger charge is 2.14. The molecule has 0 atom stereocenters. The molecule has 7 heteroatoms. The van der Waals surface area contributed by atoms with E-state index < -0.39 is 11.8 Å². The highest BCUT2D eigenvalue weighted by molar-refractivity contribution is 5.92. The predicted molar refractivity (Wildman–Crippen MR) is 73.5 cm³/mol. The molecule has 0 radical (unpaired) electrons. The molecule has 0 spiro atoms. The van der Waals surface area contributed by atoms with E-state index in [2.05, 4.69) is 10.6 Å². The number of halogens is 1. The Morgan fingerprint density at radius 2 is 2.10 bits per heavy atom.